The third-order valence-electron chi connectivity index (χ3n) is 9.57. The minimum absolute atomic E-state index is 0.814. The molecule has 0 aliphatic carbocycles. The Balaban J connectivity index is 1.73. The van der Waals surface area contributed by atoms with E-state index in [1.54, 1.807) is 0 Å². The van der Waals surface area contributed by atoms with Gasteiger partial charge < -0.3 is 94.9 Å². The monoisotopic (exact) mass is 904 g/mol. The molecule has 0 bridgehead atoms. The van der Waals surface area contributed by atoms with Crippen LogP contribution in [0.25, 0.3) is 0 Å². The van der Waals surface area contributed by atoms with Crippen molar-refractivity contribution in [3.63, 3.8) is 0 Å². The van der Waals surface area contributed by atoms with Crippen molar-refractivity contribution in [3.05, 3.63) is 0 Å². The van der Waals surface area contributed by atoms with Gasteiger partial charge in [0.1, 0.15) is 83.6 Å². The zero-order valence-electron chi connectivity index (χ0n) is 30.3. The van der Waals surface area contributed by atoms with Crippen molar-refractivity contribution in [2.75, 3.05) is 13.2 Å². The third-order valence-corrected chi connectivity index (χ3v) is 12.1. The van der Waals surface area contributed by atoms with E-state index in [4.69, 9.17) is 33.2 Å². The van der Waals surface area contributed by atoms with Crippen LogP contribution >= 0.6 is 0 Å². The Kier molecular flexibility index (Phi) is 15.7. The SMILES string of the molecule is CC(=O)N[C@@H]1[C@@H](O[C@@H]2O[C@H](C(=O)O)[C@@H](O[C@@H]3O[C@H](CO)[C@H](S(=O)(=O)O)[C@H](O[C@@H]4O[C@H](C(=O)O)[C@@H](O)[C@H](O)[C@H]4O)[C@H]3NC(C)=O)[C@H](O)[C@H]2O)[C@@H](S(=O)(=O)O)[C@@H](CO)O[C@H]1O. The molecule has 29 nitrogen and oxygen atoms in total. The molecule has 14 N–H and O–H groups in total. The lowest BCUT2D eigenvalue weighted by molar-refractivity contribution is -0.354. The number of aliphatic hydroxyl groups is 8. The standard InChI is InChI=1S/C28H44N2O27S2/c1-5(33)29-9-16(21(58(45,46)47)7(3-31)51-25(9)44)53-28-15(39)13(37)18(20(57-28)24(42)43)55-26-10(30-6(2)34)17(22(59(48,49)50)8(4-32)52-26)54-27-14(38)11(35)12(36)19(56-27)23(40)41/h7-22,25-28,31-32,35-39,44H,3-4H2,1-2H3,(H,29,33)(H,30,34)(H,40,41)(H,42,43)(H,45,46,47)(H,48,49,50)/t7-,8-,9-,10-,11+,12+,13-,14-,15-,16-,17-,18+,19+,20+,21+,22+,25-,26+,27-,28-/m1/s1. The minimum Gasteiger partial charge on any atom is -0.479 e. The molecular weight excluding hydrogens is 860 g/mol. The molecule has 4 aliphatic rings. The van der Waals surface area contributed by atoms with E-state index < -0.39 is 178 Å². The van der Waals surface area contributed by atoms with Crippen molar-refractivity contribution < 1.29 is 129 Å². The second-order valence-corrected chi connectivity index (χ2v) is 16.8. The summed E-state index contributed by atoms with van der Waals surface area (Å²) in [6, 6.07) is -4.14. The minimum atomic E-state index is -5.52. The number of amides is 2. The summed E-state index contributed by atoms with van der Waals surface area (Å²) in [7, 11) is -10.9. The molecule has 0 spiro atoms. The highest BCUT2D eigenvalue weighted by atomic mass is 32.2. The van der Waals surface area contributed by atoms with Crippen molar-refractivity contribution in [3.8, 4) is 0 Å². The highest BCUT2D eigenvalue weighted by molar-refractivity contribution is 7.86. The molecular formula is C28H44N2O27S2. The zero-order valence-corrected chi connectivity index (χ0v) is 31.9. The Labute approximate surface area is 331 Å². The van der Waals surface area contributed by atoms with Crippen LogP contribution in [0.4, 0.5) is 0 Å². The van der Waals surface area contributed by atoms with Crippen molar-refractivity contribution in [1.29, 1.82) is 0 Å². The van der Waals surface area contributed by atoms with Gasteiger partial charge in [-0.3, -0.25) is 18.7 Å². The average Bonchev–Trinajstić information content (AvgIpc) is 3.11. The fourth-order valence-corrected chi connectivity index (χ4v) is 9.20. The summed E-state index contributed by atoms with van der Waals surface area (Å²) in [5, 5.41) is 103. The van der Waals surface area contributed by atoms with Gasteiger partial charge in [0.25, 0.3) is 20.2 Å². The molecule has 0 aromatic carbocycles. The van der Waals surface area contributed by atoms with Crippen molar-refractivity contribution in [2.24, 2.45) is 0 Å². The molecule has 340 valence electrons. The molecule has 4 fully saturated rings. The zero-order chi connectivity index (χ0) is 44.6. The van der Waals surface area contributed by atoms with E-state index in [1.807, 2.05) is 0 Å². The number of hydrogen-bond donors (Lipinski definition) is 14. The lowest BCUT2D eigenvalue weighted by Crippen LogP contribution is -2.71. The summed E-state index contributed by atoms with van der Waals surface area (Å²) in [4.78, 5) is 48.7. The lowest BCUT2D eigenvalue weighted by Gasteiger charge is -2.50. The Morgan fingerprint density at radius 2 is 0.949 bits per heavy atom. The molecule has 2 amide bonds. The first-order valence-electron chi connectivity index (χ1n) is 17.1. The third kappa shape index (κ3) is 10.6. The van der Waals surface area contributed by atoms with Gasteiger partial charge in [0.05, 0.1) is 13.2 Å². The quantitative estimate of drug-likeness (QED) is 0.0720. The van der Waals surface area contributed by atoms with E-state index in [2.05, 4.69) is 10.6 Å². The lowest BCUT2D eigenvalue weighted by atomic mass is 9.95. The van der Waals surface area contributed by atoms with E-state index in [9.17, 15) is 96.2 Å². The number of hydrogen-bond acceptors (Lipinski definition) is 23. The Bertz CT molecular complexity index is 1750. The largest absolute Gasteiger partial charge is 0.479 e. The molecule has 0 aromatic rings. The van der Waals surface area contributed by atoms with Crippen LogP contribution in [0.2, 0.25) is 0 Å². The Morgan fingerprint density at radius 3 is 1.39 bits per heavy atom. The number of ether oxygens (including phenoxy) is 7. The molecule has 4 aliphatic heterocycles. The number of aliphatic carboxylic acids is 2. The summed E-state index contributed by atoms with van der Waals surface area (Å²) in [5.74, 6) is -6.02. The van der Waals surface area contributed by atoms with E-state index >= 15 is 0 Å². The van der Waals surface area contributed by atoms with E-state index in [-0.39, 0.29) is 0 Å². The highest BCUT2D eigenvalue weighted by Crippen LogP contribution is 2.37. The molecule has 0 aromatic heterocycles. The molecule has 0 unspecified atom stereocenters. The second kappa shape index (κ2) is 19.0. The van der Waals surface area contributed by atoms with E-state index in [1.165, 1.54) is 0 Å². The first kappa shape index (κ1) is 48.8. The summed E-state index contributed by atoms with van der Waals surface area (Å²) in [6.07, 6.45) is -37.7. The first-order valence-corrected chi connectivity index (χ1v) is 20.1. The summed E-state index contributed by atoms with van der Waals surface area (Å²) < 4.78 is 108. The van der Waals surface area contributed by atoms with Crippen LogP contribution in [0.5, 0.6) is 0 Å². The van der Waals surface area contributed by atoms with Crippen LogP contribution in [0.1, 0.15) is 13.8 Å². The molecule has 20 atom stereocenters. The fraction of sp³-hybridized carbons (Fsp3) is 0.857. The number of aliphatic hydroxyl groups excluding tert-OH is 8. The molecule has 4 saturated heterocycles. The predicted octanol–water partition coefficient (Wildman–Crippen LogP) is -9.49. The van der Waals surface area contributed by atoms with Crippen molar-refractivity contribution in [1.82, 2.24) is 10.6 Å². The number of nitrogens with one attached hydrogen (secondary N) is 2. The van der Waals surface area contributed by atoms with Crippen LogP contribution in [-0.2, 0) is 72.6 Å². The maximum Gasteiger partial charge on any atom is 0.335 e. The normalized spacial score (nSPS) is 43.3. The Hall–Kier alpha value is -2.90. The molecule has 4 heterocycles. The van der Waals surface area contributed by atoms with Gasteiger partial charge in [-0.25, -0.2) is 9.59 Å². The van der Waals surface area contributed by atoms with Crippen LogP contribution < -0.4 is 10.6 Å². The molecule has 0 radical (unpaired) electrons. The summed E-state index contributed by atoms with van der Waals surface area (Å²) >= 11 is 0. The van der Waals surface area contributed by atoms with Gasteiger partial charge in [0.15, 0.2) is 37.4 Å². The topological polar surface area (TPSA) is 468 Å². The first-order chi connectivity index (χ1) is 27.2. The van der Waals surface area contributed by atoms with Gasteiger partial charge in [-0.05, 0) is 0 Å². The fourth-order valence-electron chi connectivity index (χ4n) is 6.98. The van der Waals surface area contributed by atoms with Crippen LogP contribution in [0.3, 0.4) is 0 Å². The van der Waals surface area contributed by atoms with Crippen molar-refractivity contribution in [2.45, 2.75) is 135 Å². The number of carbonyl (C=O) groups is 4. The van der Waals surface area contributed by atoms with Gasteiger partial charge >= 0.3 is 11.9 Å². The molecule has 31 heteroatoms. The predicted molar refractivity (Wildman–Crippen MR) is 177 cm³/mol. The van der Waals surface area contributed by atoms with Crippen molar-refractivity contribution >= 4 is 44.0 Å². The van der Waals surface area contributed by atoms with E-state index in [0.717, 1.165) is 13.8 Å². The van der Waals surface area contributed by atoms with Gasteiger partial charge in [0.2, 0.25) is 11.8 Å². The maximum absolute atomic E-state index is 12.7. The maximum atomic E-state index is 12.7. The van der Waals surface area contributed by atoms with Crippen LogP contribution in [0.15, 0.2) is 0 Å². The number of carboxylic acids is 2. The summed E-state index contributed by atoms with van der Waals surface area (Å²) in [6.45, 7) is -0.870. The molecule has 0 saturated carbocycles. The van der Waals surface area contributed by atoms with Gasteiger partial charge in [0, 0.05) is 13.8 Å². The van der Waals surface area contributed by atoms with Gasteiger partial charge in [-0.1, -0.05) is 0 Å². The summed E-state index contributed by atoms with van der Waals surface area (Å²) in [5.41, 5.74) is 0. The Morgan fingerprint density at radius 1 is 0.542 bits per heavy atom. The number of carboxylic acid groups (broad SMARTS) is 2. The number of rotatable bonds is 14. The second-order valence-electron chi connectivity index (χ2n) is 13.7. The van der Waals surface area contributed by atoms with Gasteiger partial charge in [-0.15, -0.1) is 0 Å². The van der Waals surface area contributed by atoms with Crippen LogP contribution in [0, 0.1) is 0 Å². The van der Waals surface area contributed by atoms with Crippen LogP contribution in [-0.4, -0.2) is 235 Å². The van der Waals surface area contributed by atoms with Gasteiger partial charge in [-0.2, -0.15) is 16.8 Å². The molecule has 4 rings (SSSR count). The average molecular weight is 905 g/mol. The number of carbonyl (C=O) groups excluding carboxylic acids is 2. The highest BCUT2D eigenvalue weighted by Gasteiger charge is 2.60. The molecule has 59 heavy (non-hydrogen) atoms. The smallest absolute Gasteiger partial charge is 0.335 e. The van der Waals surface area contributed by atoms with E-state index in [0.29, 0.717) is 0 Å².